The third-order valence-corrected chi connectivity index (χ3v) is 4.10. The summed E-state index contributed by atoms with van der Waals surface area (Å²) in [5, 5.41) is 3.49. The molecule has 0 saturated carbocycles. The van der Waals surface area contributed by atoms with E-state index in [0.29, 0.717) is 36.8 Å². The highest BCUT2D eigenvalue weighted by atomic mass is 35.5. The number of benzene rings is 1. The third-order valence-electron chi connectivity index (χ3n) is 3.85. The molecule has 1 atom stereocenters. The second-order valence-corrected chi connectivity index (χ2v) is 5.97. The van der Waals surface area contributed by atoms with E-state index in [1.807, 2.05) is 0 Å². The van der Waals surface area contributed by atoms with Gasteiger partial charge in [-0.2, -0.15) is 0 Å². The summed E-state index contributed by atoms with van der Waals surface area (Å²) in [5.74, 6) is -0.166. The van der Waals surface area contributed by atoms with Crippen LogP contribution < -0.4 is 11.1 Å². The lowest BCUT2D eigenvalue weighted by Gasteiger charge is -2.32. The van der Waals surface area contributed by atoms with Crippen LogP contribution in [0, 0.1) is 5.92 Å². The summed E-state index contributed by atoms with van der Waals surface area (Å²) in [5.41, 5.74) is 6.02. The molecule has 7 heteroatoms. The second kappa shape index (κ2) is 9.75. The van der Waals surface area contributed by atoms with Crippen LogP contribution in [0.1, 0.15) is 29.6 Å². The Morgan fingerprint density at radius 3 is 2.65 bits per heavy atom. The lowest BCUT2D eigenvalue weighted by atomic mass is 9.96. The standard InChI is InChI=1S/C16H22ClN3O2.ClH/c17-14-6-4-12(5-7-14)16(22)20-10-1-3-13(11-20)15(21)19-9-2-8-18;/h4-7,13H,1-3,8-11,18H2,(H,19,21);1H. The summed E-state index contributed by atoms with van der Waals surface area (Å²) < 4.78 is 0. The number of hydrogen-bond acceptors (Lipinski definition) is 3. The average Bonchev–Trinajstić information content (AvgIpc) is 2.55. The van der Waals surface area contributed by atoms with Crippen molar-refractivity contribution in [3.05, 3.63) is 34.9 Å². The van der Waals surface area contributed by atoms with Gasteiger partial charge >= 0.3 is 0 Å². The Morgan fingerprint density at radius 2 is 2.00 bits per heavy atom. The highest BCUT2D eigenvalue weighted by Crippen LogP contribution is 2.19. The second-order valence-electron chi connectivity index (χ2n) is 5.53. The van der Waals surface area contributed by atoms with Gasteiger partial charge in [0, 0.05) is 30.2 Å². The van der Waals surface area contributed by atoms with Crippen LogP contribution in [0.15, 0.2) is 24.3 Å². The van der Waals surface area contributed by atoms with E-state index in [0.717, 1.165) is 19.3 Å². The number of carbonyl (C=O) groups excluding carboxylic acids is 2. The van der Waals surface area contributed by atoms with Crippen molar-refractivity contribution < 1.29 is 9.59 Å². The Kier molecular flexibility index (Phi) is 8.37. The van der Waals surface area contributed by atoms with Crippen molar-refractivity contribution in [2.24, 2.45) is 11.7 Å². The minimum atomic E-state index is -0.136. The molecule has 3 N–H and O–H groups in total. The number of halogens is 2. The number of nitrogens with two attached hydrogens (primary N) is 1. The first kappa shape index (κ1) is 19.7. The summed E-state index contributed by atoms with van der Waals surface area (Å²) in [6.07, 6.45) is 2.43. The van der Waals surface area contributed by atoms with Crippen molar-refractivity contribution in [1.29, 1.82) is 0 Å². The topological polar surface area (TPSA) is 75.4 Å². The zero-order valence-corrected chi connectivity index (χ0v) is 14.5. The van der Waals surface area contributed by atoms with Gasteiger partial charge in [0.05, 0.1) is 5.92 Å². The Balaban J connectivity index is 0.00000264. The third kappa shape index (κ3) is 5.68. The number of piperidine rings is 1. The fraction of sp³-hybridized carbons (Fsp3) is 0.500. The summed E-state index contributed by atoms with van der Waals surface area (Å²) in [6.45, 7) is 2.31. The monoisotopic (exact) mass is 359 g/mol. The molecule has 1 aliphatic heterocycles. The van der Waals surface area contributed by atoms with Crippen LogP contribution in [0.3, 0.4) is 0 Å². The van der Waals surface area contributed by atoms with Gasteiger partial charge in [-0.1, -0.05) is 11.6 Å². The van der Waals surface area contributed by atoms with Gasteiger partial charge in [-0.05, 0) is 50.1 Å². The molecule has 0 aliphatic carbocycles. The first-order valence-electron chi connectivity index (χ1n) is 7.64. The number of nitrogens with one attached hydrogen (secondary N) is 1. The van der Waals surface area contributed by atoms with Crippen LogP contribution in [0.4, 0.5) is 0 Å². The van der Waals surface area contributed by atoms with E-state index in [-0.39, 0.29) is 30.1 Å². The Bertz CT molecular complexity index is 523. The molecule has 1 saturated heterocycles. The molecular formula is C16H23Cl2N3O2. The van der Waals surface area contributed by atoms with E-state index in [1.165, 1.54) is 0 Å². The molecular weight excluding hydrogens is 337 g/mol. The van der Waals surface area contributed by atoms with E-state index in [9.17, 15) is 9.59 Å². The maximum absolute atomic E-state index is 12.5. The van der Waals surface area contributed by atoms with Gasteiger partial charge in [0.1, 0.15) is 0 Å². The van der Waals surface area contributed by atoms with Crippen molar-refractivity contribution in [2.75, 3.05) is 26.2 Å². The Morgan fingerprint density at radius 1 is 1.30 bits per heavy atom. The normalized spacial score (nSPS) is 17.3. The number of rotatable bonds is 5. The number of carbonyl (C=O) groups is 2. The molecule has 1 aliphatic rings. The molecule has 0 radical (unpaired) electrons. The van der Waals surface area contributed by atoms with E-state index in [1.54, 1.807) is 29.2 Å². The molecule has 128 valence electrons. The number of hydrogen-bond donors (Lipinski definition) is 2. The Labute approximate surface area is 148 Å². The molecule has 1 unspecified atom stereocenters. The van der Waals surface area contributed by atoms with Gasteiger partial charge in [-0.15, -0.1) is 12.4 Å². The van der Waals surface area contributed by atoms with Gasteiger partial charge in [0.25, 0.3) is 5.91 Å². The fourth-order valence-corrected chi connectivity index (χ4v) is 2.73. The highest BCUT2D eigenvalue weighted by molar-refractivity contribution is 6.30. The molecule has 0 spiro atoms. The lowest BCUT2D eigenvalue weighted by molar-refractivity contribution is -0.126. The van der Waals surface area contributed by atoms with E-state index >= 15 is 0 Å². The van der Waals surface area contributed by atoms with Gasteiger partial charge in [-0.3, -0.25) is 9.59 Å². The van der Waals surface area contributed by atoms with Crippen LogP contribution >= 0.6 is 24.0 Å². The average molecular weight is 360 g/mol. The minimum absolute atomic E-state index is 0. The van der Waals surface area contributed by atoms with Gasteiger partial charge in [-0.25, -0.2) is 0 Å². The predicted molar refractivity (Wildman–Crippen MR) is 94.0 cm³/mol. The fourth-order valence-electron chi connectivity index (χ4n) is 2.61. The SMILES string of the molecule is Cl.NCCCNC(=O)C1CCCN(C(=O)c2ccc(Cl)cc2)C1. The molecule has 1 heterocycles. The number of amides is 2. The predicted octanol–water partition coefficient (Wildman–Crippen LogP) is 2.08. The van der Waals surface area contributed by atoms with Crippen LogP contribution in [0.25, 0.3) is 0 Å². The molecule has 1 aromatic rings. The zero-order valence-electron chi connectivity index (χ0n) is 13.0. The first-order chi connectivity index (χ1) is 10.6. The van der Waals surface area contributed by atoms with Crippen molar-refractivity contribution in [3.8, 4) is 0 Å². The molecule has 5 nitrogen and oxygen atoms in total. The van der Waals surface area contributed by atoms with E-state index in [4.69, 9.17) is 17.3 Å². The largest absolute Gasteiger partial charge is 0.356 e. The quantitative estimate of drug-likeness (QED) is 0.790. The maximum atomic E-state index is 12.5. The van der Waals surface area contributed by atoms with Crippen molar-refractivity contribution >= 4 is 35.8 Å². The van der Waals surface area contributed by atoms with Crippen LogP contribution in [-0.4, -0.2) is 42.9 Å². The smallest absolute Gasteiger partial charge is 0.253 e. The number of nitrogens with zero attached hydrogens (tertiary/aromatic N) is 1. The van der Waals surface area contributed by atoms with Gasteiger partial charge in [0.15, 0.2) is 0 Å². The minimum Gasteiger partial charge on any atom is -0.356 e. The first-order valence-corrected chi connectivity index (χ1v) is 8.02. The molecule has 0 bridgehead atoms. The lowest BCUT2D eigenvalue weighted by Crippen LogP contribution is -2.45. The van der Waals surface area contributed by atoms with Crippen molar-refractivity contribution in [1.82, 2.24) is 10.2 Å². The summed E-state index contributed by atoms with van der Waals surface area (Å²) in [7, 11) is 0. The molecule has 0 aromatic heterocycles. The molecule has 2 rings (SSSR count). The van der Waals surface area contributed by atoms with Crippen molar-refractivity contribution in [2.45, 2.75) is 19.3 Å². The van der Waals surface area contributed by atoms with Crippen molar-refractivity contribution in [3.63, 3.8) is 0 Å². The molecule has 23 heavy (non-hydrogen) atoms. The Hall–Kier alpha value is -1.30. The summed E-state index contributed by atoms with van der Waals surface area (Å²) in [6, 6.07) is 6.84. The molecule has 1 aromatic carbocycles. The van der Waals surface area contributed by atoms with Gasteiger partial charge in [0.2, 0.25) is 5.91 Å². The summed E-state index contributed by atoms with van der Waals surface area (Å²) in [4.78, 5) is 26.3. The van der Waals surface area contributed by atoms with Crippen LogP contribution in [0.5, 0.6) is 0 Å². The zero-order chi connectivity index (χ0) is 15.9. The highest BCUT2D eigenvalue weighted by Gasteiger charge is 2.28. The van der Waals surface area contributed by atoms with Gasteiger partial charge < -0.3 is 16.0 Å². The molecule has 1 fully saturated rings. The van der Waals surface area contributed by atoms with Crippen LogP contribution in [0.2, 0.25) is 5.02 Å². The summed E-state index contributed by atoms with van der Waals surface area (Å²) >= 11 is 5.84. The maximum Gasteiger partial charge on any atom is 0.253 e. The van der Waals surface area contributed by atoms with Crippen LogP contribution in [-0.2, 0) is 4.79 Å². The number of likely N-dealkylation sites (tertiary alicyclic amines) is 1. The molecule has 2 amide bonds. The van der Waals surface area contributed by atoms with E-state index in [2.05, 4.69) is 5.32 Å². The van der Waals surface area contributed by atoms with E-state index < -0.39 is 0 Å².